The Morgan fingerprint density at radius 3 is 2.38 bits per heavy atom. The van der Waals surface area contributed by atoms with Crippen LogP contribution in [0.4, 0.5) is 18.9 Å². The zero-order valence-electron chi connectivity index (χ0n) is 12.4. The number of nitrogens with one attached hydrogen (secondary N) is 2. The fraction of sp³-hybridized carbons (Fsp3) is 0.188. The van der Waals surface area contributed by atoms with Crippen LogP contribution in [0.3, 0.4) is 0 Å². The predicted molar refractivity (Wildman–Crippen MR) is 92.6 cm³/mol. The molecule has 3 nitrogen and oxygen atoms in total. The van der Waals surface area contributed by atoms with E-state index in [1.54, 1.807) is 18.2 Å². The van der Waals surface area contributed by atoms with E-state index in [1.165, 1.54) is 12.1 Å². The molecule has 0 aliphatic rings. The lowest BCUT2D eigenvalue weighted by atomic mass is 10.2. The largest absolute Gasteiger partial charge is 0.490 e. The molecule has 0 heterocycles. The first kappa shape index (κ1) is 18.4. The van der Waals surface area contributed by atoms with Gasteiger partial charge in [-0.25, -0.2) is 0 Å². The molecular weight excluding hydrogens is 361 g/mol. The smallest absolute Gasteiger partial charge is 0.416 e. The van der Waals surface area contributed by atoms with E-state index in [0.717, 1.165) is 12.1 Å². The van der Waals surface area contributed by atoms with Gasteiger partial charge in [-0.15, -0.1) is 0 Å². The van der Waals surface area contributed by atoms with Gasteiger partial charge in [0.25, 0.3) is 0 Å². The molecule has 0 spiro atoms. The maximum absolute atomic E-state index is 12.5. The van der Waals surface area contributed by atoms with Gasteiger partial charge in [-0.05, 0) is 48.6 Å². The first-order valence-electron chi connectivity index (χ1n) is 6.96. The predicted octanol–water partition coefficient (Wildman–Crippen LogP) is 4.72. The SMILES string of the molecule is FC(F)(F)c1ccc(NC(=S)NCCOc2ccccc2Cl)cc1. The second-order valence-electron chi connectivity index (χ2n) is 4.73. The highest BCUT2D eigenvalue weighted by molar-refractivity contribution is 7.80. The van der Waals surface area contributed by atoms with Crippen LogP contribution < -0.4 is 15.4 Å². The molecule has 0 amide bonds. The maximum atomic E-state index is 12.5. The van der Waals surface area contributed by atoms with Crippen molar-refractivity contribution in [3.8, 4) is 5.75 Å². The number of halogens is 4. The topological polar surface area (TPSA) is 33.3 Å². The van der Waals surface area contributed by atoms with Gasteiger partial charge in [-0.1, -0.05) is 23.7 Å². The minimum atomic E-state index is -4.35. The Kier molecular flexibility index (Phi) is 6.28. The first-order chi connectivity index (χ1) is 11.4. The summed E-state index contributed by atoms with van der Waals surface area (Å²) in [5.41, 5.74) is -0.243. The first-order valence-corrected chi connectivity index (χ1v) is 7.74. The number of hydrogen-bond acceptors (Lipinski definition) is 2. The van der Waals surface area contributed by atoms with Gasteiger partial charge in [0, 0.05) is 5.69 Å². The van der Waals surface area contributed by atoms with Crippen molar-refractivity contribution in [2.24, 2.45) is 0 Å². The van der Waals surface area contributed by atoms with Crippen LogP contribution in [0.25, 0.3) is 0 Å². The molecule has 0 unspecified atom stereocenters. The third-order valence-corrected chi connectivity index (χ3v) is 3.51. The highest BCUT2D eigenvalue weighted by Crippen LogP contribution is 2.29. The Balaban J connectivity index is 1.74. The second kappa shape index (κ2) is 8.21. The van der Waals surface area contributed by atoms with Crippen LogP contribution in [0, 0.1) is 0 Å². The van der Waals surface area contributed by atoms with Crippen molar-refractivity contribution >= 4 is 34.6 Å². The van der Waals surface area contributed by atoms with Gasteiger partial charge >= 0.3 is 6.18 Å². The molecule has 2 aromatic rings. The number of anilines is 1. The monoisotopic (exact) mass is 374 g/mol. The van der Waals surface area contributed by atoms with Crippen LogP contribution >= 0.6 is 23.8 Å². The summed E-state index contributed by atoms with van der Waals surface area (Å²) < 4.78 is 42.9. The van der Waals surface area contributed by atoms with E-state index in [0.29, 0.717) is 29.6 Å². The van der Waals surface area contributed by atoms with Crippen LogP contribution in [0.2, 0.25) is 5.02 Å². The third-order valence-electron chi connectivity index (χ3n) is 2.95. The van der Waals surface area contributed by atoms with E-state index >= 15 is 0 Å². The normalized spacial score (nSPS) is 11.0. The Morgan fingerprint density at radius 2 is 1.75 bits per heavy atom. The molecule has 0 saturated heterocycles. The highest BCUT2D eigenvalue weighted by atomic mass is 35.5. The molecule has 0 aromatic heterocycles. The lowest BCUT2D eigenvalue weighted by molar-refractivity contribution is -0.137. The third kappa shape index (κ3) is 5.58. The Hall–Kier alpha value is -1.99. The molecule has 0 atom stereocenters. The number of ether oxygens (including phenoxy) is 1. The van der Waals surface area contributed by atoms with Gasteiger partial charge in [0.15, 0.2) is 5.11 Å². The number of thiocarbonyl (C=S) groups is 1. The van der Waals surface area contributed by atoms with Crippen LogP contribution in [0.15, 0.2) is 48.5 Å². The summed E-state index contributed by atoms with van der Waals surface area (Å²) in [5, 5.41) is 6.50. The molecule has 2 rings (SSSR count). The lowest BCUT2D eigenvalue weighted by Gasteiger charge is -2.12. The summed E-state index contributed by atoms with van der Waals surface area (Å²) in [5.74, 6) is 0.572. The lowest BCUT2D eigenvalue weighted by Crippen LogP contribution is -2.32. The molecular formula is C16H14ClF3N2OS. The zero-order chi connectivity index (χ0) is 17.6. The standard InChI is InChI=1S/C16H14ClF3N2OS/c17-13-3-1-2-4-14(13)23-10-9-21-15(24)22-12-7-5-11(6-8-12)16(18,19)20/h1-8H,9-10H2,(H2,21,22,24). The van der Waals surface area contributed by atoms with Gasteiger partial charge in [-0.3, -0.25) is 0 Å². The fourth-order valence-electron chi connectivity index (χ4n) is 1.81. The minimum absolute atomic E-state index is 0.289. The average Bonchev–Trinajstić information content (AvgIpc) is 2.53. The van der Waals surface area contributed by atoms with Gasteiger partial charge in [-0.2, -0.15) is 13.2 Å². The maximum Gasteiger partial charge on any atom is 0.416 e. The molecule has 0 aliphatic carbocycles. The molecule has 0 bridgehead atoms. The highest BCUT2D eigenvalue weighted by Gasteiger charge is 2.29. The van der Waals surface area contributed by atoms with Gasteiger partial charge in [0.2, 0.25) is 0 Å². The molecule has 24 heavy (non-hydrogen) atoms. The number of alkyl halides is 3. The fourth-order valence-corrected chi connectivity index (χ4v) is 2.22. The number of benzene rings is 2. The van der Waals surface area contributed by atoms with Crippen molar-refractivity contribution < 1.29 is 17.9 Å². The van der Waals surface area contributed by atoms with Crippen molar-refractivity contribution in [2.75, 3.05) is 18.5 Å². The summed E-state index contributed by atoms with van der Waals surface area (Å²) in [6.07, 6.45) is -4.35. The van der Waals surface area contributed by atoms with E-state index < -0.39 is 11.7 Å². The van der Waals surface area contributed by atoms with Crippen molar-refractivity contribution in [1.29, 1.82) is 0 Å². The molecule has 2 aromatic carbocycles. The van der Waals surface area contributed by atoms with Crippen molar-refractivity contribution in [3.05, 3.63) is 59.1 Å². The average molecular weight is 375 g/mol. The Morgan fingerprint density at radius 1 is 1.08 bits per heavy atom. The minimum Gasteiger partial charge on any atom is -0.490 e. The van der Waals surface area contributed by atoms with Crippen molar-refractivity contribution in [3.63, 3.8) is 0 Å². The summed E-state index contributed by atoms with van der Waals surface area (Å²) >= 11 is 11.0. The Bertz CT molecular complexity index is 692. The van der Waals surface area contributed by atoms with E-state index in [-0.39, 0.29) is 5.11 Å². The van der Waals surface area contributed by atoms with Crippen LogP contribution in [-0.2, 0) is 6.18 Å². The van der Waals surface area contributed by atoms with E-state index in [1.807, 2.05) is 6.07 Å². The van der Waals surface area contributed by atoms with Crippen LogP contribution in [0.1, 0.15) is 5.56 Å². The summed E-state index contributed by atoms with van der Waals surface area (Å²) in [6.45, 7) is 0.746. The number of rotatable bonds is 5. The quantitative estimate of drug-likeness (QED) is 0.586. The van der Waals surface area contributed by atoms with Crippen molar-refractivity contribution in [2.45, 2.75) is 6.18 Å². The second-order valence-corrected chi connectivity index (χ2v) is 5.55. The molecule has 128 valence electrons. The molecule has 0 radical (unpaired) electrons. The summed E-state index contributed by atoms with van der Waals surface area (Å²) in [6, 6.07) is 11.7. The van der Waals surface area contributed by atoms with Crippen LogP contribution in [0.5, 0.6) is 5.75 Å². The van der Waals surface area contributed by atoms with Gasteiger partial charge in [0.05, 0.1) is 17.1 Å². The molecule has 0 aliphatic heterocycles. The van der Waals surface area contributed by atoms with Crippen molar-refractivity contribution in [1.82, 2.24) is 5.32 Å². The molecule has 0 fully saturated rings. The van der Waals surface area contributed by atoms with Crippen LogP contribution in [-0.4, -0.2) is 18.3 Å². The number of hydrogen-bond donors (Lipinski definition) is 2. The molecule has 8 heteroatoms. The zero-order valence-corrected chi connectivity index (χ0v) is 13.9. The van der Waals surface area contributed by atoms with Gasteiger partial charge < -0.3 is 15.4 Å². The van der Waals surface area contributed by atoms with E-state index in [9.17, 15) is 13.2 Å². The van der Waals surface area contributed by atoms with E-state index in [4.69, 9.17) is 28.6 Å². The number of para-hydroxylation sites is 1. The van der Waals surface area contributed by atoms with Gasteiger partial charge in [0.1, 0.15) is 12.4 Å². The Labute approximate surface area is 147 Å². The molecule has 0 saturated carbocycles. The van der Waals surface area contributed by atoms with E-state index in [2.05, 4.69) is 10.6 Å². The summed E-state index contributed by atoms with van der Waals surface area (Å²) in [4.78, 5) is 0. The molecule has 2 N–H and O–H groups in total. The summed E-state index contributed by atoms with van der Waals surface area (Å²) in [7, 11) is 0.